The van der Waals surface area contributed by atoms with Crippen molar-refractivity contribution in [3.8, 4) is 0 Å². The zero-order valence-corrected chi connectivity index (χ0v) is 18.5. The van der Waals surface area contributed by atoms with Crippen LogP contribution in [0.2, 0.25) is 0 Å². The zero-order valence-electron chi connectivity index (χ0n) is 17.6. The van der Waals surface area contributed by atoms with Crippen LogP contribution in [0.25, 0.3) is 10.9 Å². The Morgan fingerprint density at radius 3 is 2.68 bits per heavy atom. The van der Waals surface area contributed by atoms with Gasteiger partial charge in [0.15, 0.2) is 6.61 Å². The molecular weight excluding hydrogens is 464 g/mol. The van der Waals surface area contributed by atoms with Gasteiger partial charge in [-0.2, -0.15) is 0 Å². The first-order valence-corrected chi connectivity index (χ1v) is 11.1. The molecule has 0 spiro atoms. The summed E-state index contributed by atoms with van der Waals surface area (Å²) >= 11 is 1.22. The molecule has 3 N–H and O–H groups in total. The van der Waals surface area contributed by atoms with Gasteiger partial charge in [0.2, 0.25) is 0 Å². The van der Waals surface area contributed by atoms with Gasteiger partial charge in [-0.25, -0.2) is 13.6 Å². The van der Waals surface area contributed by atoms with Crippen molar-refractivity contribution in [3.63, 3.8) is 0 Å². The third kappa shape index (κ3) is 5.46. The van der Waals surface area contributed by atoms with E-state index in [2.05, 4.69) is 15.6 Å². The van der Waals surface area contributed by atoms with E-state index >= 15 is 0 Å². The number of H-pyrrole nitrogens is 1. The van der Waals surface area contributed by atoms with Crippen molar-refractivity contribution in [3.05, 3.63) is 88.2 Å². The molecule has 2 heterocycles. The summed E-state index contributed by atoms with van der Waals surface area (Å²) in [7, 11) is 0. The lowest BCUT2D eigenvalue weighted by Crippen LogP contribution is -2.43. The summed E-state index contributed by atoms with van der Waals surface area (Å²) in [5.74, 6) is -3.72. The first-order chi connectivity index (χ1) is 16.4. The largest absolute Gasteiger partial charge is 0.454 e. The number of thiophene rings is 1. The van der Waals surface area contributed by atoms with Crippen LogP contribution in [0.4, 0.5) is 14.5 Å². The van der Waals surface area contributed by atoms with E-state index < -0.39 is 42.1 Å². The fourth-order valence-corrected chi connectivity index (χ4v) is 3.99. The Hall–Kier alpha value is -4.05. The van der Waals surface area contributed by atoms with Crippen LogP contribution in [0, 0.1) is 11.6 Å². The molecule has 2 amide bonds. The number of rotatable bonds is 8. The molecule has 0 aliphatic heterocycles. The number of hydrogen-bond acceptors (Lipinski definition) is 5. The molecule has 4 aromatic rings. The number of carbonyl (C=O) groups excluding carboxylic acids is 3. The molecule has 0 aliphatic carbocycles. The van der Waals surface area contributed by atoms with Crippen LogP contribution >= 0.6 is 11.3 Å². The number of aromatic nitrogens is 1. The molecule has 0 saturated heterocycles. The highest BCUT2D eigenvalue weighted by molar-refractivity contribution is 7.12. The molecule has 0 saturated carbocycles. The third-order valence-electron chi connectivity index (χ3n) is 4.98. The topological polar surface area (TPSA) is 100 Å². The maximum Gasteiger partial charge on any atom is 0.329 e. The Morgan fingerprint density at radius 2 is 1.88 bits per heavy atom. The summed E-state index contributed by atoms with van der Waals surface area (Å²) in [6, 6.07) is 12.3. The maximum absolute atomic E-state index is 13.7. The van der Waals surface area contributed by atoms with Crippen molar-refractivity contribution >= 4 is 45.7 Å². The molecule has 2 aromatic heterocycles. The highest BCUT2D eigenvalue weighted by Crippen LogP contribution is 2.20. The van der Waals surface area contributed by atoms with Crippen LogP contribution in [0.1, 0.15) is 15.2 Å². The van der Waals surface area contributed by atoms with E-state index in [4.69, 9.17) is 4.74 Å². The number of nitrogens with one attached hydrogen (secondary N) is 3. The predicted octanol–water partition coefficient (Wildman–Crippen LogP) is 4.03. The quantitative estimate of drug-likeness (QED) is 0.330. The first-order valence-electron chi connectivity index (χ1n) is 10.2. The predicted molar refractivity (Wildman–Crippen MR) is 124 cm³/mol. The molecule has 0 radical (unpaired) electrons. The zero-order chi connectivity index (χ0) is 24.1. The monoisotopic (exact) mass is 483 g/mol. The number of fused-ring (bicyclic) bond motifs is 1. The Balaban J connectivity index is 1.46. The lowest BCUT2D eigenvalue weighted by atomic mass is 10.0. The van der Waals surface area contributed by atoms with E-state index in [1.165, 1.54) is 11.3 Å². The summed E-state index contributed by atoms with van der Waals surface area (Å²) in [5.41, 5.74) is 1.27. The molecule has 0 unspecified atom stereocenters. The number of benzene rings is 2. The lowest BCUT2D eigenvalue weighted by molar-refractivity contribution is -0.149. The lowest BCUT2D eigenvalue weighted by Gasteiger charge is -2.17. The van der Waals surface area contributed by atoms with E-state index in [0.717, 1.165) is 34.7 Å². The van der Waals surface area contributed by atoms with Crippen molar-refractivity contribution in [1.29, 1.82) is 0 Å². The molecule has 2 aromatic carbocycles. The first kappa shape index (κ1) is 23.1. The van der Waals surface area contributed by atoms with Crippen LogP contribution in [-0.4, -0.2) is 35.4 Å². The van der Waals surface area contributed by atoms with Crippen LogP contribution in [0.3, 0.4) is 0 Å². The fraction of sp³-hybridized carbons (Fsp3) is 0.125. The van der Waals surface area contributed by atoms with Gasteiger partial charge in [-0.1, -0.05) is 24.3 Å². The molecule has 10 heteroatoms. The highest BCUT2D eigenvalue weighted by atomic mass is 32.1. The normalized spacial score (nSPS) is 11.7. The standard InChI is InChI=1S/C24H19F2N3O4S/c25-15-7-8-17(26)19(11-15)28-22(30)13-33-24(32)20(29-23(31)21-6-3-9-34-21)10-14-12-27-18-5-2-1-4-16(14)18/h1-9,11-12,20,27H,10,13H2,(H,28,30)(H,29,31)/t20-/m1/s1. The van der Waals surface area contributed by atoms with Gasteiger partial charge in [-0.3, -0.25) is 9.59 Å². The van der Waals surface area contributed by atoms with Crippen molar-refractivity contribution in [2.45, 2.75) is 12.5 Å². The summed E-state index contributed by atoms with van der Waals surface area (Å²) in [6.07, 6.45) is 1.85. The van der Waals surface area contributed by atoms with Crippen molar-refractivity contribution in [2.75, 3.05) is 11.9 Å². The average molecular weight is 483 g/mol. The van der Waals surface area contributed by atoms with E-state index in [0.29, 0.717) is 4.88 Å². The number of hydrogen-bond donors (Lipinski definition) is 3. The van der Waals surface area contributed by atoms with E-state index in [1.807, 2.05) is 24.3 Å². The highest BCUT2D eigenvalue weighted by Gasteiger charge is 2.26. The van der Waals surface area contributed by atoms with Gasteiger partial charge in [0, 0.05) is 29.6 Å². The Kier molecular flexibility index (Phi) is 6.98. The summed E-state index contributed by atoms with van der Waals surface area (Å²) < 4.78 is 32.1. The molecule has 0 bridgehead atoms. The van der Waals surface area contributed by atoms with Crippen molar-refractivity contribution < 1.29 is 27.9 Å². The second kappa shape index (κ2) is 10.3. The number of aromatic amines is 1. The molecule has 0 aliphatic rings. The van der Waals surface area contributed by atoms with Crippen LogP contribution in [-0.2, 0) is 20.7 Å². The number of halogens is 2. The fourth-order valence-electron chi connectivity index (χ4n) is 3.37. The van der Waals surface area contributed by atoms with Gasteiger partial charge < -0.3 is 20.4 Å². The summed E-state index contributed by atoms with van der Waals surface area (Å²) in [4.78, 5) is 41.1. The maximum atomic E-state index is 13.7. The summed E-state index contributed by atoms with van der Waals surface area (Å²) in [6.45, 7) is -0.742. The minimum atomic E-state index is -1.09. The van der Waals surface area contributed by atoms with E-state index in [9.17, 15) is 23.2 Å². The molecule has 4 rings (SSSR count). The molecule has 1 atom stereocenters. The van der Waals surface area contributed by atoms with Gasteiger partial charge in [0.1, 0.15) is 17.7 Å². The molecule has 0 fully saturated rings. The number of carbonyl (C=O) groups is 3. The second-order valence-corrected chi connectivity index (χ2v) is 8.29. The number of para-hydroxylation sites is 1. The van der Waals surface area contributed by atoms with Gasteiger partial charge in [0.05, 0.1) is 10.6 Å². The third-order valence-corrected chi connectivity index (χ3v) is 5.85. The minimum absolute atomic E-state index is 0.111. The van der Waals surface area contributed by atoms with Gasteiger partial charge in [-0.05, 0) is 35.2 Å². The second-order valence-electron chi connectivity index (χ2n) is 7.35. The molecule has 34 heavy (non-hydrogen) atoms. The van der Waals surface area contributed by atoms with Gasteiger partial charge >= 0.3 is 5.97 Å². The Bertz CT molecular complexity index is 1340. The van der Waals surface area contributed by atoms with Crippen LogP contribution in [0.15, 0.2) is 66.2 Å². The van der Waals surface area contributed by atoms with E-state index in [1.54, 1.807) is 23.7 Å². The molecular formula is C24H19F2N3O4S. The Morgan fingerprint density at radius 1 is 1.06 bits per heavy atom. The number of amides is 2. The number of ether oxygens (including phenoxy) is 1. The summed E-state index contributed by atoms with van der Waals surface area (Å²) in [5, 5.41) is 7.42. The molecule has 7 nitrogen and oxygen atoms in total. The number of esters is 1. The van der Waals surface area contributed by atoms with Gasteiger partial charge in [0.25, 0.3) is 11.8 Å². The Labute approximate surface area is 196 Å². The van der Waals surface area contributed by atoms with Crippen molar-refractivity contribution in [1.82, 2.24) is 10.3 Å². The van der Waals surface area contributed by atoms with Crippen LogP contribution < -0.4 is 10.6 Å². The van der Waals surface area contributed by atoms with Crippen molar-refractivity contribution in [2.24, 2.45) is 0 Å². The SMILES string of the molecule is O=C(COC(=O)[C@@H](Cc1c[nH]c2ccccc12)NC(=O)c1cccs1)Nc1cc(F)ccc1F. The minimum Gasteiger partial charge on any atom is -0.454 e. The van der Waals surface area contributed by atoms with Gasteiger partial charge in [-0.15, -0.1) is 11.3 Å². The average Bonchev–Trinajstić information content (AvgIpc) is 3.50. The van der Waals surface area contributed by atoms with E-state index in [-0.39, 0.29) is 12.1 Å². The number of anilines is 1. The van der Waals surface area contributed by atoms with Crippen LogP contribution in [0.5, 0.6) is 0 Å². The smallest absolute Gasteiger partial charge is 0.329 e. The molecule has 174 valence electrons.